The molecule has 0 bridgehead atoms. The van der Waals surface area contributed by atoms with Gasteiger partial charge in [-0.1, -0.05) is 41.5 Å². The molecule has 2 aromatic rings. The molecule has 0 aliphatic rings. The van der Waals surface area contributed by atoms with Crippen LogP contribution in [0.5, 0.6) is 0 Å². The predicted molar refractivity (Wildman–Crippen MR) is 72.6 cm³/mol. The number of aromatic nitrogens is 2. The molecule has 0 radical (unpaired) electrons. The zero-order chi connectivity index (χ0) is 12.8. The van der Waals surface area contributed by atoms with E-state index in [0.29, 0.717) is 0 Å². The van der Waals surface area contributed by atoms with Crippen LogP contribution in [-0.2, 0) is 10.8 Å². The Morgan fingerprint density at radius 1 is 1.00 bits per heavy atom. The van der Waals surface area contributed by atoms with Crippen molar-refractivity contribution in [3.63, 3.8) is 0 Å². The topological polar surface area (TPSA) is 17.3 Å². The first-order chi connectivity index (χ1) is 7.69. The molecule has 0 unspecified atom stereocenters. The standard InChI is InChI=1S/C15H22N2/c1-14(2,3)11-7-8-17-10-16-13(12(17)9-11)15(4,5)6/h7-10H,1-6H3. The van der Waals surface area contributed by atoms with Gasteiger partial charge in [-0.25, -0.2) is 4.98 Å². The van der Waals surface area contributed by atoms with Gasteiger partial charge < -0.3 is 4.40 Å². The maximum atomic E-state index is 4.55. The largest absolute Gasteiger partial charge is 0.306 e. The van der Waals surface area contributed by atoms with Gasteiger partial charge in [0.2, 0.25) is 0 Å². The molecule has 0 amide bonds. The minimum Gasteiger partial charge on any atom is -0.306 e. The molecule has 2 heterocycles. The second-order valence-corrected chi connectivity index (χ2v) is 6.80. The third-order valence-electron chi connectivity index (χ3n) is 3.12. The first kappa shape index (κ1) is 12.2. The van der Waals surface area contributed by atoms with Crippen LogP contribution in [0.3, 0.4) is 0 Å². The van der Waals surface area contributed by atoms with Gasteiger partial charge in [0.1, 0.15) is 0 Å². The van der Waals surface area contributed by atoms with Crippen LogP contribution in [0.1, 0.15) is 52.8 Å². The highest BCUT2D eigenvalue weighted by Gasteiger charge is 2.21. The Morgan fingerprint density at radius 3 is 2.18 bits per heavy atom. The van der Waals surface area contributed by atoms with E-state index < -0.39 is 0 Å². The average molecular weight is 230 g/mol. The Bertz CT molecular complexity index is 536. The fraction of sp³-hybridized carbons (Fsp3) is 0.533. The van der Waals surface area contributed by atoms with Crippen molar-refractivity contribution in [2.45, 2.75) is 52.4 Å². The monoisotopic (exact) mass is 230 g/mol. The summed E-state index contributed by atoms with van der Waals surface area (Å²) >= 11 is 0. The molecule has 0 saturated carbocycles. The quantitative estimate of drug-likeness (QED) is 0.670. The molecule has 92 valence electrons. The highest BCUT2D eigenvalue weighted by Crippen LogP contribution is 2.29. The Balaban J connectivity index is 2.67. The molecule has 0 saturated heterocycles. The highest BCUT2D eigenvalue weighted by atomic mass is 15.0. The molecule has 2 aromatic heterocycles. The summed E-state index contributed by atoms with van der Waals surface area (Å²) in [5.41, 5.74) is 4.02. The zero-order valence-corrected chi connectivity index (χ0v) is 11.7. The van der Waals surface area contributed by atoms with Crippen molar-refractivity contribution in [1.29, 1.82) is 0 Å². The van der Waals surface area contributed by atoms with E-state index in [4.69, 9.17) is 0 Å². The maximum absolute atomic E-state index is 4.55. The molecular weight excluding hydrogens is 208 g/mol. The minimum atomic E-state index is 0.0885. The van der Waals surface area contributed by atoms with E-state index in [2.05, 4.69) is 69.3 Å². The fourth-order valence-corrected chi connectivity index (χ4v) is 2.03. The summed E-state index contributed by atoms with van der Waals surface area (Å²) in [6.45, 7) is 13.3. The van der Waals surface area contributed by atoms with Crippen molar-refractivity contribution in [3.05, 3.63) is 35.9 Å². The van der Waals surface area contributed by atoms with Gasteiger partial charge in [-0.15, -0.1) is 0 Å². The zero-order valence-electron chi connectivity index (χ0n) is 11.7. The summed E-state index contributed by atoms with van der Waals surface area (Å²) in [4.78, 5) is 4.55. The highest BCUT2D eigenvalue weighted by molar-refractivity contribution is 5.57. The van der Waals surface area contributed by atoms with E-state index in [1.165, 1.54) is 16.8 Å². The van der Waals surface area contributed by atoms with Crippen LogP contribution in [0.25, 0.3) is 5.52 Å². The Morgan fingerprint density at radius 2 is 1.65 bits per heavy atom. The molecule has 0 spiro atoms. The molecule has 0 aliphatic carbocycles. The molecule has 0 aromatic carbocycles. The van der Waals surface area contributed by atoms with Crippen LogP contribution in [0, 0.1) is 0 Å². The van der Waals surface area contributed by atoms with Gasteiger partial charge in [0.15, 0.2) is 0 Å². The third-order valence-corrected chi connectivity index (χ3v) is 3.12. The Kier molecular flexibility index (Phi) is 2.57. The summed E-state index contributed by atoms with van der Waals surface area (Å²) in [5.74, 6) is 0. The Hall–Kier alpha value is -1.31. The number of rotatable bonds is 0. The predicted octanol–water partition coefficient (Wildman–Crippen LogP) is 3.93. The summed E-state index contributed by atoms with van der Waals surface area (Å²) in [6, 6.07) is 4.45. The SMILES string of the molecule is CC(C)(C)c1ccn2cnc(C(C)(C)C)c2c1. The minimum absolute atomic E-state index is 0.0885. The maximum Gasteiger partial charge on any atom is 0.0995 e. The number of nitrogens with zero attached hydrogens (tertiary/aromatic N) is 2. The lowest BCUT2D eigenvalue weighted by molar-refractivity contribution is 0.575. The van der Waals surface area contributed by atoms with E-state index in [-0.39, 0.29) is 10.8 Å². The van der Waals surface area contributed by atoms with E-state index >= 15 is 0 Å². The van der Waals surface area contributed by atoms with Gasteiger partial charge in [-0.2, -0.15) is 0 Å². The van der Waals surface area contributed by atoms with Crippen molar-refractivity contribution >= 4 is 5.52 Å². The van der Waals surface area contributed by atoms with Gasteiger partial charge in [-0.05, 0) is 23.1 Å². The third kappa shape index (κ3) is 2.21. The van der Waals surface area contributed by atoms with Crippen molar-refractivity contribution in [2.75, 3.05) is 0 Å². The van der Waals surface area contributed by atoms with Gasteiger partial charge in [0.05, 0.1) is 17.5 Å². The Labute approximate surface area is 104 Å². The van der Waals surface area contributed by atoms with Gasteiger partial charge in [0.25, 0.3) is 0 Å². The lowest BCUT2D eigenvalue weighted by Crippen LogP contribution is -2.14. The normalized spacial score (nSPS) is 13.3. The number of hydrogen-bond donors (Lipinski definition) is 0. The van der Waals surface area contributed by atoms with Crippen molar-refractivity contribution in [3.8, 4) is 0 Å². The lowest BCUT2D eigenvalue weighted by atomic mass is 9.86. The second-order valence-electron chi connectivity index (χ2n) is 6.80. The van der Waals surface area contributed by atoms with Gasteiger partial charge >= 0.3 is 0 Å². The van der Waals surface area contributed by atoms with Gasteiger partial charge in [0, 0.05) is 11.6 Å². The van der Waals surface area contributed by atoms with Gasteiger partial charge in [-0.3, -0.25) is 0 Å². The fourth-order valence-electron chi connectivity index (χ4n) is 2.03. The number of fused-ring (bicyclic) bond motifs is 1. The summed E-state index contributed by atoms with van der Waals surface area (Å²) in [6.07, 6.45) is 4.01. The van der Waals surface area contributed by atoms with E-state index in [9.17, 15) is 0 Å². The number of hydrogen-bond acceptors (Lipinski definition) is 1. The van der Waals surface area contributed by atoms with Crippen LogP contribution in [-0.4, -0.2) is 9.38 Å². The first-order valence-electron chi connectivity index (χ1n) is 6.17. The van der Waals surface area contributed by atoms with Crippen LogP contribution >= 0.6 is 0 Å². The molecule has 2 heteroatoms. The van der Waals surface area contributed by atoms with Crippen LogP contribution in [0.4, 0.5) is 0 Å². The molecule has 0 atom stereocenters. The molecule has 2 nitrogen and oxygen atoms in total. The smallest absolute Gasteiger partial charge is 0.0995 e. The van der Waals surface area contributed by atoms with Crippen LogP contribution in [0.15, 0.2) is 24.7 Å². The molecule has 0 N–H and O–H groups in total. The average Bonchev–Trinajstić information content (AvgIpc) is 2.57. The first-order valence-corrected chi connectivity index (χ1v) is 6.17. The van der Waals surface area contributed by atoms with Crippen LogP contribution in [0.2, 0.25) is 0 Å². The van der Waals surface area contributed by atoms with E-state index in [0.717, 1.165) is 0 Å². The second kappa shape index (κ2) is 3.59. The molecule has 0 aliphatic heterocycles. The molecular formula is C15H22N2. The molecule has 17 heavy (non-hydrogen) atoms. The van der Waals surface area contributed by atoms with Crippen molar-refractivity contribution in [2.24, 2.45) is 0 Å². The summed E-state index contributed by atoms with van der Waals surface area (Å²) in [5, 5.41) is 0. The summed E-state index contributed by atoms with van der Waals surface area (Å²) < 4.78 is 2.11. The van der Waals surface area contributed by atoms with E-state index in [1.54, 1.807) is 0 Å². The number of pyridine rings is 1. The van der Waals surface area contributed by atoms with Crippen LogP contribution < -0.4 is 0 Å². The summed E-state index contributed by atoms with van der Waals surface area (Å²) in [7, 11) is 0. The lowest BCUT2D eigenvalue weighted by Gasteiger charge is -2.21. The molecule has 0 fully saturated rings. The molecule has 2 rings (SSSR count). The number of imidazole rings is 1. The van der Waals surface area contributed by atoms with Crippen molar-refractivity contribution in [1.82, 2.24) is 9.38 Å². The van der Waals surface area contributed by atoms with E-state index in [1.807, 2.05) is 6.33 Å². The van der Waals surface area contributed by atoms with Crippen molar-refractivity contribution < 1.29 is 0 Å².